The van der Waals surface area contributed by atoms with E-state index in [0.717, 1.165) is 12.0 Å². The van der Waals surface area contributed by atoms with Crippen LogP contribution >= 0.6 is 0 Å². The summed E-state index contributed by atoms with van der Waals surface area (Å²) in [6.07, 6.45) is 10.1. The van der Waals surface area contributed by atoms with E-state index in [9.17, 15) is 0 Å². The largest absolute Gasteiger partial charge is 0.315 e. The minimum atomic E-state index is 0.806. The molecule has 0 aromatic carbocycles. The molecule has 1 unspecified atom stereocenters. The number of rotatable bonds is 5. The second-order valence-electron chi connectivity index (χ2n) is 5.42. The molecule has 2 nitrogen and oxygen atoms in total. The molecule has 1 saturated heterocycles. The quantitative estimate of drug-likeness (QED) is 0.700. The van der Waals surface area contributed by atoms with E-state index in [2.05, 4.69) is 17.3 Å². The number of hydrogen-bond acceptors (Lipinski definition) is 2. The molecule has 88 valence electrons. The second kappa shape index (κ2) is 5.86. The molecule has 1 N–H and O–H groups in total. The van der Waals surface area contributed by atoms with Crippen LogP contribution in [0.5, 0.6) is 0 Å². The number of hydrogen-bond donors (Lipinski definition) is 1. The average molecular weight is 210 g/mol. The summed E-state index contributed by atoms with van der Waals surface area (Å²) >= 11 is 0. The fraction of sp³-hybridized carbons (Fsp3) is 1.00. The molecule has 0 aromatic heterocycles. The third-order valence-corrected chi connectivity index (χ3v) is 4.26. The molecule has 1 saturated carbocycles. The van der Waals surface area contributed by atoms with Gasteiger partial charge in [-0.25, -0.2) is 0 Å². The Hall–Kier alpha value is -0.0800. The van der Waals surface area contributed by atoms with Gasteiger partial charge in [0.1, 0.15) is 0 Å². The molecule has 15 heavy (non-hydrogen) atoms. The standard InChI is InChI=1S/C13H26N2/c1-15-10-3-2-7-13(15)11-14-9-8-12-5-4-6-12/h12-14H,2-11H2,1H3. The maximum Gasteiger partial charge on any atom is 0.0217 e. The van der Waals surface area contributed by atoms with Crippen LogP contribution in [0, 0.1) is 5.92 Å². The Morgan fingerprint density at radius 2 is 2.00 bits per heavy atom. The highest BCUT2D eigenvalue weighted by molar-refractivity contribution is 4.77. The number of nitrogens with one attached hydrogen (secondary N) is 1. The maximum atomic E-state index is 3.64. The van der Waals surface area contributed by atoms with Crippen LogP contribution in [0.3, 0.4) is 0 Å². The molecule has 0 amide bonds. The van der Waals surface area contributed by atoms with E-state index >= 15 is 0 Å². The lowest BCUT2D eigenvalue weighted by molar-refractivity contribution is 0.180. The SMILES string of the molecule is CN1CCCCC1CNCCC1CCC1. The van der Waals surface area contributed by atoms with Gasteiger partial charge >= 0.3 is 0 Å². The lowest BCUT2D eigenvalue weighted by Gasteiger charge is -2.33. The predicted octanol–water partition coefficient (Wildman–Crippen LogP) is 2.25. The zero-order valence-electron chi connectivity index (χ0n) is 10.2. The monoisotopic (exact) mass is 210 g/mol. The molecule has 1 heterocycles. The van der Waals surface area contributed by atoms with Crippen LogP contribution < -0.4 is 5.32 Å². The molecule has 2 heteroatoms. The first kappa shape index (κ1) is 11.4. The van der Waals surface area contributed by atoms with Gasteiger partial charge in [-0.1, -0.05) is 25.7 Å². The van der Waals surface area contributed by atoms with E-state index < -0.39 is 0 Å². The minimum absolute atomic E-state index is 0.806. The summed E-state index contributed by atoms with van der Waals surface area (Å²) in [5.41, 5.74) is 0. The molecule has 1 aliphatic carbocycles. The molecular formula is C13H26N2. The first-order valence-electron chi connectivity index (χ1n) is 6.77. The lowest BCUT2D eigenvalue weighted by atomic mass is 9.83. The summed E-state index contributed by atoms with van der Waals surface area (Å²) in [4.78, 5) is 2.53. The Morgan fingerprint density at radius 1 is 1.13 bits per heavy atom. The van der Waals surface area contributed by atoms with Gasteiger partial charge in [-0.15, -0.1) is 0 Å². The number of nitrogens with zero attached hydrogens (tertiary/aromatic N) is 1. The highest BCUT2D eigenvalue weighted by Crippen LogP contribution is 2.28. The van der Waals surface area contributed by atoms with Crippen molar-refractivity contribution in [2.45, 2.75) is 51.0 Å². The smallest absolute Gasteiger partial charge is 0.0217 e. The Morgan fingerprint density at radius 3 is 2.67 bits per heavy atom. The molecular weight excluding hydrogens is 184 g/mol. The summed E-state index contributed by atoms with van der Waals surface area (Å²) in [5.74, 6) is 1.06. The molecule has 1 atom stereocenters. The van der Waals surface area contributed by atoms with Crippen molar-refractivity contribution in [2.24, 2.45) is 5.92 Å². The van der Waals surface area contributed by atoms with Crippen molar-refractivity contribution in [3.8, 4) is 0 Å². The lowest BCUT2D eigenvalue weighted by Crippen LogP contribution is -2.43. The van der Waals surface area contributed by atoms with E-state index in [4.69, 9.17) is 0 Å². The first-order chi connectivity index (χ1) is 7.36. The highest BCUT2D eigenvalue weighted by atomic mass is 15.2. The predicted molar refractivity (Wildman–Crippen MR) is 65.1 cm³/mol. The Bertz CT molecular complexity index is 177. The normalized spacial score (nSPS) is 29.0. The van der Waals surface area contributed by atoms with E-state index in [-0.39, 0.29) is 0 Å². The summed E-state index contributed by atoms with van der Waals surface area (Å²) in [7, 11) is 2.28. The fourth-order valence-electron chi connectivity index (χ4n) is 2.76. The molecule has 0 bridgehead atoms. The van der Waals surface area contributed by atoms with Gasteiger partial charge in [0.2, 0.25) is 0 Å². The van der Waals surface area contributed by atoms with Crippen molar-refractivity contribution in [1.29, 1.82) is 0 Å². The highest BCUT2D eigenvalue weighted by Gasteiger charge is 2.19. The zero-order chi connectivity index (χ0) is 10.5. The maximum absolute atomic E-state index is 3.64. The molecule has 0 aromatic rings. The Labute approximate surface area is 94.4 Å². The van der Waals surface area contributed by atoms with Crippen LogP contribution in [0.2, 0.25) is 0 Å². The number of piperidine rings is 1. The van der Waals surface area contributed by atoms with Crippen LogP contribution in [0.25, 0.3) is 0 Å². The average Bonchev–Trinajstić information content (AvgIpc) is 2.17. The second-order valence-corrected chi connectivity index (χ2v) is 5.42. The van der Waals surface area contributed by atoms with Gasteiger partial charge in [0.05, 0.1) is 0 Å². The van der Waals surface area contributed by atoms with E-state index in [0.29, 0.717) is 0 Å². The molecule has 0 spiro atoms. The van der Waals surface area contributed by atoms with Crippen LogP contribution in [-0.2, 0) is 0 Å². The van der Waals surface area contributed by atoms with E-state index in [1.165, 1.54) is 64.6 Å². The van der Waals surface area contributed by atoms with Gasteiger partial charge in [0.25, 0.3) is 0 Å². The molecule has 2 rings (SSSR count). The number of likely N-dealkylation sites (N-methyl/N-ethyl adjacent to an activating group) is 1. The van der Waals surface area contributed by atoms with Crippen molar-refractivity contribution in [3.05, 3.63) is 0 Å². The summed E-state index contributed by atoms with van der Waals surface area (Å²) in [6, 6.07) is 0.806. The van der Waals surface area contributed by atoms with Gasteiger partial charge in [-0.3, -0.25) is 0 Å². The van der Waals surface area contributed by atoms with Crippen molar-refractivity contribution in [2.75, 3.05) is 26.7 Å². The van der Waals surface area contributed by atoms with Gasteiger partial charge in [-0.05, 0) is 45.3 Å². The molecule has 2 fully saturated rings. The summed E-state index contributed by atoms with van der Waals surface area (Å²) in [6.45, 7) is 3.76. The van der Waals surface area contributed by atoms with Crippen LogP contribution in [0.15, 0.2) is 0 Å². The number of likely N-dealkylation sites (tertiary alicyclic amines) is 1. The van der Waals surface area contributed by atoms with Crippen molar-refractivity contribution in [3.63, 3.8) is 0 Å². The van der Waals surface area contributed by atoms with Crippen molar-refractivity contribution < 1.29 is 0 Å². The first-order valence-corrected chi connectivity index (χ1v) is 6.77. The molecule has 1 aliphatic heterocycles. The van der Waals surface area contributed by atoms with E-state index in [1.807, 2.05) is 0 Å². The minimum Gasteiger partial charge on any atom is -0.315 e. The van der Waals surface area contributed by atoms with Crippen LogP contribution in [-0.4, -0.2) is 37.6 Å². The Kier molecular flexibility index (Phi) is 4.45. The Balaban J connectivity index is 1.52. The third-order valence-electron chi connectivity index (χ3n) is 4.26. The zero-order valence-corrected chi connectivity index (χ0v) is 10.2. The molecule has 0 radical (unpaired) electrons. The fourth-order valence-corrected chi connectivity index (χ4v) is 2.76. The van der Waals surface area contributed by atoms with Gasteiger partial charge < -0.3 is 10.2 Å². The van der Waals surface area contributed by atoms with Gasteiger partial charge in [0, 0.05) is 12.6 Å². The summed E-state index contributed by atoms with van der Waals surface area (Å²) < 4.78 is 0. The topological polar surface area (TPSA) is 15.3 Å². The van der Waals surface area contributed by atoms with Crippen LogP contribution in [0.1, 0.15) is 44.9 Å². The van der Waals surface area contributed by atoms with Crippen molar-refractivity contribution in [1.82, 2.24) is 10.2 Å². The van der Waals surface area contributed by atoms with Crippen molar-refractivity contribution >= 4 is 0 Å². The molecule has 2 aliphatic rings. The van der Waals surface area contributed by atoms with Gasteiger partial charge in [0.15, 0.2) is 0 Å². The van der Waals surface area contributed by atoms with Crippen LogP contribution in [0.4, 0.5) is 0 Å². The summed E-state index contributed by atoms with van der Waals surface area (Å²) in [5, 5.41) is 3.64. The third kappa shape index (κ3) is 3.46. The van der Waals surface area contributed by atoms with Gasteiger partial charge in [-0.2, -0.15) is 0 Å². The van der Waals surface area contributed by atoms with E-state index in [1.54, 1.807) is 0 Å².